The van der Waals surface area contributed by atoms with Gasteiger partial charge in [-0.25, -0.2) is 4.99 Å². The number of aromatic hydroxyl groups is 1. The average Bonchev–Trinajstić information content (AvgIpc) is 3.07. The van der Waals surface area contributed by atoms with Gasteiger partial charge in [-0.3, -0.25) is 4.79 Å². The number of carbonyl (C=O) groups is 1. The van der Waals surface area contributed by atoms with Crippen molar-refractivity contribution in [1.82, 2.24) is 4.98 Å². The summed E-state index contributed by atoms with van der Waals surface area (Å²) in [6, 6.07) is 5.46. The highest BCUT2D eigenvalue weighted by molar-refractivity contribution is 9.10. The maximum atomic E-state index is 12.3. The van der Waals surface area contributed by atoms with Crippen LogP contribution in [0.25, 0.3) is 5.57 Å². The van der Waals surface area contributed by atoms with Crippen LogP contribution < -0.4 is 15.5 Å². The van der Waals surface area contributed by atoms with Gasteiger partial charge in [-0.1, -0.05) is 27.3 Å². The van der Waals surface area contributed by atoms with E-state index in [2.05, 4.69) is 30.8 Å². The van der Waals surface area contributed by atoms with Crippen LogP contribution in [0.15, 0.2) is 27.7 Å². The Morgan fingerprint density at radius 2 is 2.09 bits per heavy atom. The molecule has 1 N–H and O–H groups in total. The van der Waals surface area contributed by atoms with Crippen molar-refractivity contribution in [2.75, 3.05) is 31.2 Å². The molecule has 2 aliphatic heterocycles. The van der Waals surface area contributed by atoms with Gasteiger partial charge in [0, 0.05) is 22.8 Å². The molecule has 0 saturated carbocycles. The first-order chi connectivity index (χ1) is 11.1. The number of benzene rings is 1. The number of amides is 1. The minimum atomic E-state index is -0.342. The molecule has 4 rings (SSSR count). The molecular weight excluding hydrogens is 382 g/mol. The lowest BCUT2D eigenvalue weighted by Gasteiger charge is -2.25. The molecule has 0 aliphatic carbocycles. The van der Waals surface area contributed by atoms with Gasteiger partial charge in [0.1, 0.15) is 4.88 Å². The van der Waals surface area contributed by atoms with Crippen molar-refractivity contribution in [2.24, 2.45) is 4.99 Å². The fraction of sp³-hybridized carbons (Fsp3) is 0.267. The van der Waals surface area contributed by atoms with E-state index < -0.39 is 0 Å². The van der Waals surface area contributed by atoms with Gasteiger partial charge in [0.15, 0.2) is 5.13 Å². The van der Waals surface area contributed by atoms with Crippen molar-refractivity contribution in [2.45, 2.75) is 0 Å². The Labute approximate surface area is 143 Å². The molecule has 0 spiro atoms. The van der Waals surface area contributed by atoms with Crippen LogP contribution in [0.5, 0.6) is 5.88 Å². The smallest absolute Gasteiger partial charge is 0.279 e. The molecule has 6 nitrogen and oxygen atoms in total. The molecule has 0 bridgehead atoms. The molecule has 1 saturated heterocycles. The summed E-state index contributed by atoms with van der Waals surface area (Å²) in [7, 11) is 0. The molecule has 8 heteroatoms. The molecule has 0 unspecified atom stereocenters. The number of aromatic nitrogens is 1. The van der Waals surface area contributed by atoms with Gasteiger partial charge in [-0.05, 0) is 18.2 Å². The highest BCUT2D eigenvalue weighted by Crippen LogP contribution is 2.36. The minimum absolute atomic E-state index is 0.122. The summed E-state index contributed by atoms with van der Waals surface area (Å²) in [5.74, 6) is -0.464. The van der Waals surface area contributed by atoms with E-state index in [1.807, 2.05) is 12.1 Å². The lowest BCUT2D eigenvalue weighted by atomic mass is 10.1. The predicted octanol–water partition coefficient (Wildman–Crippen LogP) is 0.807. The lowest BCUT2D eigenvalue weighted by molar-refractivity contribution is -0.112. The topological polar surface area (TPSA) is 75.0 Å². The summed E-state index contributed by atoms with van der Waals surface area (Å²) in [5.41, 5.74) is 0.413. The third kappa shape index (κ3) is 2.56. The molecule has 1 aromatic heterocycles. The van der Waals surface area contributed by atoms with E-state index in [9.17, 15) is 9.90 Å². The molecule has 23 heavy (non-hydrogen) atoms. The summed E-state index contributed by atoms with van der Waals surface area (Å²) in [6.07, 6.45) is 0. The van der Waals surface area contributed by atoms with E-state index in [0.717, 1.165) is 22.8 Å². The van der Waals surface area contributed by atoms with E-state index in [1.165, 1.54) is 11.3 Å². The number of fused-ring (bicyclic) bond motifs is 1. The monoisotopic (exact) mass is 393 g/mol. The molecule has 1 amide bonds. The fourth-order valence-electron chi connectivity index (χ4n) is 2.66. The number of anilines is 1. The number of rotatable bonds is 2. The van der Waals surface area contributed by atoms with Gasteiger partial charge in [-0.15, -0.1) is 0 Å². The molecule has 0 atom stereocenters. The van der Waals surface area contributed by atoms with Crippen molar-refractivity contribution < 1.29 is 14.6 Å². The first-order valence-corrected chi connectivity index (χ1v) is 8.70. The molecule has 3 heterocycles. The molecular formula is C15H12BrN3O3S. The molecule has 0 radical (unpaired) electrons. The summed E-state index contributed by atoms with van der Waals surface area (Å²) >= 11 is 4.72. The SMILES string of the molecule is O=C1N=c2ccc(Br)cc2=C1c1sc(N2CCOCC2)nc1O. The van der Waals surface area contributed by atoms with Crippen LogP contribution in [0.1, 0.15) is 4.88 Å². The number of ether oxygens (including phenoxy) is 1. The van der Waals surface area contributed by atoms with E-state index >= 15 is 0 Å². The number of hydrogen-bond donors (Lipinski definition) is 1. The quantitative estimate of drug-likeness (QED) is 0.816. The van der Waals surface area contributed by atoms with Crippen LogP contribution in [0.3, 0.4) is 0 Å². The lowest BCUT2D eigenvalue weighted by Crippen LogP contribution is -2.36. The summed E-state index contributed by atoms with van der Waals surface area (Å²) < 4.78 is 6.19. The van der Waals surface area contributed by atoms with E-state index in [0.29, 0.717) is 34.2 Å². The zero-order chi connectivity index (χ0) is 16.0. The minimum Gasteiger partial charge on any atom is -0.492 e. The number of morpholine rings is 1. The van der Waals surface area contributed by atoms with Crippen molar-refractivity contribution >= 4 is 43.9 Å². The number of thiazole rings is 1. The highest BCUT2D eigenvalue weighted by atomic mass is 79.9. The maximum absolute atomic E-state index is 12.3. The zero-order valence-electron chi connectivity index (χ0n) is 12.0. The Morgan fingerprint density at radius 1 is 1.30 bits per heavy atom. The van der Waals surface area contributed by atoms with Gasteiger partial charge < -0.3 is 14.7 Å². The Bertz CT molecular complexity index is 919. The average molecular weight is 394 g/mol. The third-order valence-electron chi connectivity index (χ3n) is 3.77. The van der Waals surface area contributed by atoms with Crippen LogP contribution in [-0.2, 0) is 9.53 Å². The molecule has 118 valence electrons. The van der Waals surface area contributed by atoms with Gasteiger partial charge in [0.25, 0.3) is 5.91 Å². The third-order valence-corrected chi connectivity index (χ3v) is 5.39. The van der Waals surface area contributed by atoms with E-state index in [-0.39, 0.29) is 11.8 Å². The van der Waals surface area contributed by atoms with Crippen LogP contribution in [0, 0.1) is 0 Å². The second kappa shape index (κ2) is 5.70. The van der Waals surface area contributed by atoms with Crippen molar-refractivity contribution in [3.63, 3.8) is 0 Å². The Kier molecular flexibility index (Phi) is 3.67. The summed E-state index contributed by atoms with van der Waals surface area (Å²) in [6.45, 7) is 2.72. The van der Waals surface area contributed by atoms with Crippen LogP contribution in [-0.4, -0.2) is 42.3 Å². The first-order valence-electron chi connectivity index (χ1n) is 7.09. The van der Waals surface area contributed by atoms with Crippen molar-refractivity contribution in [3.8, 4) is 5.88 Å². The van der Waals surface area contributed by atoms with E-state index in [4.69, 9.17) is 4.74 Å². The number of hydrogen-bond acceptors (Lipinski definition) is 6. The predicted molar refractivity (Wildman–Crippen MR) is 89.3 cm³/mol. The number of carbonyl (C=O) groups excluding carboxylic acids is 1. The molecule has 1 aromatic carbocycles. The highest BCUT2D eigenvalue weighted by Gasteiger charge is 2.26. The second-order valence-electron chi connectivity index (χ2n) is 5.20. The fourth-order valence-corrected chi connectivity index (χ4v) is 4.08. The molecule has 2 aliphatic rings. The Hall–Kier alpha value is -1.77. The number of halogens is 1. The van der Waals surface area contributed by atoms with E-state index in [1.54, 1.807) is 6.07 Å². The largest absolute Gasteiger partial charge is 0.492 e. The summed E-state index contributed by atoms with van der Waals surface area (Å²) in [5, 5.41) is 12.3. The standard InChI is InChI=1S/C15H12BrN3O3S/c16-8-1-2-10-9(7-8)11(13(20)17-10)12-14(21)18-15(23-12)19-3-5-22-6-4-19/h1-2,7,21H,3-6H2. The van der Waals surface area contributed by atoms with Gasteiger partial charge in [0.05, 0.1) is 24.1 Å². The second-order valence-corrected chi connectivity index (χ2v) is 7.10. The Balaban J connectivity index is 1.85. The number of nitrogens with zero attached hydrogens (tertiary/aromatic N) is 3. The normalized spacial score (nSPS) is 17.3. The van der Waals surface area contributed by atoms with Crippen LogP contribution in [0.4, 0.5) is 5.13 Å². The zero-order valence-corrected chi connectivity index (χ0v) is 14.4. The first kappa shape index (κ1) is 14.8. The van der Waals surface area contributed by atoms with Crippen molar-refractivity contribution in [3.05, 3.63) is 38.1 Å². The van der Waals surface area contributed by atoms with Gasteiger partial charge >= 0.3 is 0 Å². The summed E-state index contributed by atoms with van der Waals surface area (Å²) in [4.78, 5) is 23.1. The van der Waals surface area contributed by atoms with Crippen LogP contribution in [0.2, 0.25) is 0 Å². The molecule has 2 aromatic rings. The van der Waals surface area contributed by atoms with Crippen molar-refractivity contribution in [1.29, 1.82) is 0 Å². The van der Waals surface area contributed by atoms with Gasteiger partial charge in [-0.2, -0.15) is 4.98 Å². The van der Waals surface area contributed by atoms with Gasteiger partial charge in [0.2, 0.25) is 5.88 Å². The van der Waals surface area contributed by atoms with Crippen LogP contribution >= 0.6 is 27.3 Å². The maximum Gasteiger partial charge on any atom is 0.279 e. The Morgan fingerprint density at radius 3 is 2.87 bits per heavy atom. The molecule has 1 fully saturated rings.